The highest BCUT2D eigenvalue weighted by atomic mass is 32.1. The topological polar surface area (TPSA) is 42.2 Å². The predicted molar refractivity (Wildman–Crippen MR) is 74.6 cm³/mol. The minimum Gasteiger partial charge on any atom is -0.345 e. The summed E-state index contributed by atoms with van der Waals surface area (Å²) in [6, 6.07) is 0.611. The van der Waals surface area contributed by atoms with Gasteiger partial charge < -0.3 is 10.6 Å². The van der Waals surface area contributed by atoms with Crippen LogP contribution in [0.5, 0.6) is 0 Å². The lowest BCUT2D eigenvalue weighted by molar-refractivity contribution is 0.377. The van der Waals surface area contributed by atoms with E-state index in [1.807, 2.05) is 0 Å². The molecule has 3 nitrogen and oxygen atoms in total. The van der Waals surface area contributed by atoms with Crippen LogP contribution in [-0.4, -0.2) is 17.6 Å². The SMILES string of the molecule is CCc1nc(N2CCC(C)CC2C)sc1CN. The second-order valence-electron chi connectivity index (χ2n) is 5.10. The molecule has 0 aliphatic carbocycles. The van der Waals surface area contributed by atoms with Gasteiger partial charge in [-0.25, -0.2) is 4.98 Å². The van der Waals surface area contributed by atoms with Crippen LogP contribution in [0.4, 0.5) is 5.13 Å². The zero-order valence-electron chi connectivity index (χ0n) is 11.1. The molecule has 2 N–H and O–H groups in total. The van der Waals surface area contributed by atoms with Crippen molar-refractivity contribution in [3.05, 3.63) is 10.6 Å². The molecule has 2 unspecified atom stereocenters. The fraction of sp³-hybridized carbons (Fsp3) is 0.769. The number of aromatic nitrogens is 1. The van der Waals surface area contributed by atoms with Gasteiger partial charge in [0.05, 0.1) is 5.69 Å². The zero-order valence-corrected chi connectivity index (χ0v) is 11.9. The van der Waals surface area contributed by atoms with Gasteiger partial charge in [0, 0.05) is 24.0 Å². The summed E-state index contributed by atoms with van der Waals surface area (Å²) in [4.78, 5) is 8.48. The van der Waals surface area contributed by atoms with Crippen molar-refractivity contribution in [3.63, 3.8) is 0 Å². The van der Waals surface area contributed by atoms with Gasteiger partial charge in [0.2, 0.25) is 0 Å². The van der Waals surface area contributed by atoms with Crippen LogP contribution in [0.1, 0.15) is 44.2 Å². The average molecular weight is 253 g/mol. The second-order valence-corrected chi connectivity index (χ2v) is 6.16. The molecule has 96 valence electrons. The molecule has 4 heteroatoms. The number of aryl methyl sites for hydroxylation is 1. The number of thiazole rings is 1. The van der Waals surface area contributed by atoms with Crippen molar-refractivity contribution in [1.29, 1.82) is 0 Å². The van der Waals surface area contributed by atoms with Gasteiger partial charge in [-0.15, -0.1) is 11.3 Å². The molecule has 1 aliphatic rings. The fourth-order valence-electron chi connectivity index (χ4n) is 2.62. The van der Waals surface area contributed by atoms with Crippen molar-refractivity contribution in [2.75, 3.05) is 11.4 Å². The van der Waals surface area contributed by atoms with Gasteiger partial charge in [0.1, 0.15) is 0 Å². The monoisotopic (exact) mass is 253 g/mol. The first-order chi connectivity index (χ1) is 8.15. The summed E-state index contributed by atoms with van der Waals surface area (Å²) >= 11 is 1.79. The number of hydrogen-bond donors (Lipinski definition) is 1. The highest BCUT2D eigenvalue weighted by Gasteiger charge is 2.25. The maximum absolute atomic E-state index is 5.78. The van der Waals surface area contributed by atoms with Crippen molar-refractivity contribution in [1.82, 2.24) is 4.98 Å². The Labute approximate surface area is 108 Å². The second kappa shape index (κ2) is 5.36. The van der Waals surface area contributed by atoms with Crippen molar-refractivity contribution in [3.8, 4) is 0 Å². The first-order valence-electron chi connectivity index (χ1n) is 6.61. The molecule has 2 rings (SSSR count). The van der Waals surface area contributed by atoms with Gasteiger partial charge in [-0.1, -0.05) is 13.8 Å². The molecule has 0 saturated carbocycles. The molecule has 2 heterocycles. The summed E-state index contributed by atoms with van der Waals surface area (Å²) in [5, 5.41) is 1.18. The lowest BCUT2D eigenvalue weighted by Gasteiger charge is -2.36. The lowest BCUT2D eigenvalue weighted by Crippen LogP contribution is -2.40. The highest BCUT2D eigenvalue weighted by Crippen LogP contribution is 2.32. The molecule has 1 aromatic heterocycles. The Morgan fingerprint density at radius 1 is 1.47 bits per heavy atom. The van der Waals surface area contributed by atoms with Crippen molar-refractivity contribution >= 4 is 16.5 Å². The Bertz CT molecular complexity index is 353. The number of anilines is 1. The summed E-state index contributed by atoms with van der Waals surface area (Å²) in [7, 11) is 0. The van der Waals surface area contributed by atoms with Crippen LogP contribution in [0, 0.1) is 5.92 Å². The molecule has 1 aromatic rings. The predicted octanol–water partition coefficient (Wildman–Crippen LogP) is 2.79. The van der Waals surface area contributed by atoms with E-state index in [0.29, 0.717) is 12.6 Å². The number of nitrogens with two attached hydrogens (primary N) is 1. The lowest BCUT2D eigenvalue weighted by atomic mass is 9.94. The van der Waals surface area contributed by atoms with Crippen LogP contribution in [0.15, 0.2) is 0 Å². The Hall–Kier alpha value is -0.610. The largest absolute Gasteiger partial charge is 0.345 e. The van der Waals surface area contributed by atoms with Crippen LogP contribution < -0.4 is 10.6 Å². The first kappa shape index (κ1) is 12.8. The van der Waals surface area contributed by atoms with Crippen molar-refractivity contribution < 1.29 is 0 Å². The standard InChI is InChI=1S/C13H23N3S/c1-4-11-12(8-14)17-13(15-11)16-6-5-9(2)7-10(16)3/h9-10H,4-8,14H2,1-3H3. The van der Waals surface area contributed by atoms with Gasteiger partial charge in [0.25, 0.3) is 0 Å². The third-order valence-corrected chi connectivity index (χ3v) is 4.83. The fourth-order valence-corrected chi connectivity index (χ4v) is 3.78. The maximum atomic E-state index is 5.78. The van der Waals surface area contributed by atoms with Crippen LogP contribution >= 0.6 is 11.3 Å². The van der Waals surface area contributed by atoms with Crippen molar-refractivity contribution in [2.24, 2.45) is 11.7 Å². The molecular weight excluding hydrogens is 230 g/mol. The third-order valence-electron chi connectivity index (χ3n) is 3.67. The number of piperidine rings is 1. The average Bonchev–Trinajstić information content (AvgIpc) is 2.72. The Kier molecular flexibility index (Phi) is 4.05. The van der Waals surface area contributed by atoms with E-state index < -0.39 is 0 Å². The van der Waals surface area contributed by atoms with E-state index in [0.717, 1.165) is 18.9 Å². The summed E-state index contributed by atoms with van der Waals surface area (Å²) < 4.78 is 0. The quantitative estimate of drug-likeness (QED) is 0.900. The molecule has 1 fully saturated rings. The van der Waals surface area contributed by atoms with Crippen LogP contribution in [0.3, 0.4) is 0 Å². The summed E-state index contributed by atoms with van der Waals surface area (Å²) in [6.45, 7) is 8.57. The molecule has 1 aliphatic heterocycles. The van der Waals surface area contributed by atoms with Crippen LogP contribution in [0.25, 0.3) is 0 Å². The highest BCUT2D eigenvalue weighted by molar-refractivity contribution is 7.15. The van der Waals surface area contributed by atoms with E-state index in [1.165, 1.54) is 28.5 Å². The third kappa shape index (κ3) is 2.63. The molecule has 17 heavy (non-hydrogen) atoms. The molecule has 1 saturated heterocycles. The van der Waals surface area contributed by atoms with Gasteiger partial charge >= 0.3 is 0 Å². The van der Waals surface area contributed by atoms with E-state index in [4.69, 9.17) is 10.7 Å². The molecular formula is C13H23N3S. The maximum Gasteiger partial charge on any atom is 0.186 e. The van der Waals surface area contributed by atoms with Gasteiger partial charge in [0.15, 0.2) is 5.13 Å². The number of rotatable bonds is 3. The minimum atomic E-state index is 0.611. The molecule has 0 bridgehead atoms. The van der Waals surface area contributed by atoms with E-state index in [2.05, 4.69) is 25.7 Å². The van der Waals surface area contributed by atoms with Gasteiger partial charge in [-0.2, -0.15) is 0 Å². The van der Waals surface area contributed by atoms with Gasteiger partial charge in [-0.05, 0) is 32.1 Å². The first-order valence-corrected chi connectivity index (χ1v) is 7.42. The molecule has 0 radical (unpaired) electrons. The van der Waals surface area contributed by atoms with Crippen molar-refractivity contribution in [2.45, 2.75) is 52.6 Å². The van der Waals surface area contributed by atoms with E-state index in [9.17, 15) is 0 Å². The van der Waals surface area contributed by atoms with E-state index in [-0.39, 0.29) is 0 Å². The molecule has 0 aromatic carbocycles. The Balaban J connectivity index is 2.19. The molecule has 2 atom stereocenters. The van der Waals surface area contributed by atoms with Gasteiger partial charge in [-0.3, -0.25) is 0 Å². The summed E-state index contributed by atoms with van der Waals surface area (Å²) in [5.74, 6) is 0.848. The van der Waals surface area contributed by atoms with Crippen LogP contribution in [0.2, 0.25) is 0 Å². The summed E-state index contributed by atoms with van der Waals surface area (Å²) in [5.41, 5.74) is 6.97. The number of nitrogens with zero attached hydrogens (tertiary/aromatic N) is 2. The van der Waals surface area contributed by atoms with E-state index in [1.54, 1.807) is 11.3 Å². The zero-order chi connectivity index (χ0) is 12.4. The number of hydrogen-bond acceptors (Lipinski definition) is 4. The molecule has 0 amide bonds. The minimum absolute atomic E-state index is 0.611. The Morgan fingerprint density at radius 3 is 2.76 bits per heavy atom. The smallest absolute Gasteiger partial charge is 0.186 e. The molecule has 0 spiro atoms. The summed E-state index contributed by atoms with van der Waals surface area (Å²) in [6.07, 6.45) is 3.55. The van der Waals surface area contributed by atoms with Crippen LogP contribution in [-0.2, 0) is 13.0 Å². The van der Waals surface area contributed by atoms with E-state index >= 15 is 0 Å². The Morgan fingerprint density at radius 2 is 2.24 bits per heavy atom. The normalized spacial score (nSPS) is 25.3.